The molecule has 0 saturated heterocycles. The minimum atomic E-state index is -3.95. The summed E-state index contributed by atoms with van der Waals surface area (Å²) < 4.78 is 52.2. The van der Waals surface area contributed by atoms with Crippen molar-refractivity contribution in [2.45, 2.75) is 25.2 Å². The van der Waals surface area contributed by atoms with Crippen molar-refractivity contribution in [1.29, 1.82) is 0 Å². The van der Waals surface area contributed by atoms with E-state index in [1.54, 1.807) is 6.92 Å². The molecule has 3 nitrogen and oxygen atoms in total. The van der Waals surface area contributed by atoms with Crippen LogP contribution in [0.5, 0.6) is 0 Å². The molecule has 1 rings (SSSR count). The summed E-state index contributed by atoms with van der Waals surface area (Å²) in [7, 11) is -3.95. The normalized spacial score (nSPS) is 12.1. The molecule has 0 N–H and O–H groups in total. The van der Waals surface area contributed by atoms with Gasteiger partial charge in [-0.2, -0.15) is 4.31 Å². The maximum atomic E-state index is 13.7. The zero-order valence-corrected chi connectivity index (χ0v) is 12.5. The highest BCUT2D eigenvalue weighted by molar-refractivity contribution is 9.10. The molecule has 7 heteroatoms. The van der Waals surface area contributed by atoms with Gasteiger partial charge in [-0.1, -0.05) is 13.8 Å². The number of nitrogens with zero attached hydrogens (tertiary/aromatic N) is 1. The van der Waals surface area contributed by atoms with Gasteiger partial charge in [0.1, 0.15) is 16.5 Å². The molecule has 1 aromatic carbocycles. The Morgan fingerprint density at radius 2 is 1.89 bits per heavy atom. The molecule has 18 heavy (non-hydrogen) atoms. The van der Waals surface area contributed by atoms with E-state index in [-0.39, 0.29) is 11.0 Å². The third-order valence-electron chi connectivity index (χ3n) is 2.39. The quantitative estimate of drug-likeness (QED) is 0.824. The molecule has 0 atom stereocenters. The van der Waals surface area contributed by atoms with Gasteiger partial charge in [-0.25, -0.2) is 17.2 Å². The summed E-state index contributed by atoms with van der Waals surface area (Å²) in [6, 6.07) is 1.51. The average Bonchev–Trinajstić information content (AvgIpc) is 2.23. The molecule has 102 valence electrons. The average molecular weight is 342 g/mol. The molecule has 0 aliphatic rings. The molecule has 0 aliphatic carbocycles. The maximum Gasteiger partial charge on any atom is 0.247 e. The van der Waals surface area contributed by atoms with Gasteiger partial charge in [0, 0.05) is 23.6 Å². The molecule has 0 fully saturated rings. The van der Waals surface area contributed by atoms with Crippen molar-refractivity contribution in [3.05, 3.63) is 28.2 Å². The molecule has 0 heterocycles. The molecular weight excluding hydrogens is 328 g/mol. The summed E-state index contributed by atoms with van der Waals surface area (Å²) in [5.41, 5.74) is 0. The van der Waals surface area contributed by atoms with E-state index in [0.717, 1.165) is 10.4 Å². The molecule has 0 aliphatic heterocycles. The molecular formula is C11H14BrF2NO2S. The van der Waals surface area contributed by atoms with Gasteiger partial charge in [0.2, 0.25) is 10.0 Å². The Morgan fingerprint density at radius 1 is 1.28 bits per heavy atom. The predicted molar refractivity (Wildman–Crippen MR) is 68.8 cm³/mol. The zero-order valence-electron chi connectivity index (χ0n) is 10.1. The summed E-state index contributed by atoms with van der Waals surface area (Å²) in [4.78, 5) is -0.515. The van der Waals surface area contributed by atoms with Gasteiger partial charge in [0.15, 0.2) is 0 Å². The van der Waals surface area contributed by atoms with E-state index >= 15 is 0 Å². The Bertz CT molecular complexity index is 511. The highest BCUT2D eigenvalue weighted by atomic mass is 79.9. The molecule has 0 aromatic heterocycles. The van der Waals surface area contributed by atoms with Crippen molar-refractivity contribution in [3.63, 3.8) is 0 Å². The van der Waals surface area contributed by atoms with Crippen LogP contribution in [0, 0.1) is 11.6 Å². The maximum absolute atomic E-state index is 13.7. The summed E-state index contributed by atoms with van der Waals surface area (Å²) >= 11 is 2.90. The van der Waals surface area contributed by atoms with Crippen LogP contribution in [-0.2, 0) is 10.0 Å². The third kappa shape index (κ3) is 3.07. The molecule has 0 bridgehead atoms. The fraction of sp³-hybridized carbons (Fsp3) is 0.455. The number of benzene rings is 1. The van der Waals surface area contributed by atoms with Crippen LogP contribution >= 0.6 is 15.9 Å². The van der Waals surface area contributed by atoms with Gasteiger partial charge < -0.3 is 0 Å². The first-order valence-electron chi connectivity index (χ1n) is 5.49. The van der Waals surface area contributed by atoms with E-state index in [2.05, 4.69) is 15.9 Å². The smallest absolute Gasteiger partial charge is 0.207 e. The molecule has 1 aromatic rings. The van der Waals surface area contributed by atoms with Gasteiger partial charge in [-0.05, 0) is 28.4 Å². The Labute approximate surface area is 114 Å². The number of hydrogen-bond acceptors (Lipinski definition) is 2. The molecule has 0 saturated carbocycles. The predicted octanol–water partition coefficient (Wildman–Crippen LogP) is 3.15. The van der Waals surface area contributed by atoms with Crippen molar-refractivity contribution in [2.75, 3.05) is 13.1 Å². The largest absolute Gasteiger partial charge is 0.247 e. The second kappa shape index (κ2) is 6.08. The van der Waals surface area contributed by atoms with Crippen LogP contribution in [0.3, 0.4) is 0 Å². The summed E-state index contributed by atoms with van der Waals surface area (Å²) in [5.74, 6) is -1.91. The third-order valence-corrected chi connectivity index (χ3v) is 5.33. The van der Waals surface area contributed by atoms with Crippen molar-refractivity contribution >= 4 is 26.0 Å². The number of rotatable bonds is 5. The van der Waals surface area contributed by atoms with Crippen LogP contribution in [0.25, 0.3) is 0 Å². The second-order valence-electron chi connectivity index (χ2n) is 3.70. The lowest BCUT2D eigenvalue weighted by Crippen LogP contribution is -2.32. The number of halogens is 3. The fourth-order valence-corrected chi connectivity index (χ4v) is 4.26. The van der Waals surface area contributed by atoms with E-state index < -0.39 is 26.6 Å². The second-order valence-corrected chi connectivity index (χ2v) is 6.42. The summed E-state index contributed by atoms with van der Waals surface area (Å²) in [6.07, 6.45) is 0.619. The lowest BCUT2D eigenvalue weighted by atomic mass is 10.3. The van der Waals surface area contributed by atoms with Crippen molar-refractivity contribution < 1.29 is 17.2 Å². The van der Waals surface area contributed by atoms with Crippen LogP contribution in [-0.4, -0.2) is 25.8 Å². The Morgan fingerprint density at radius 3 is 2.33 bits per heavy atom. The lowest BCUT2D eigenvalue weighted by molar-refractivity contribution is 0.422. The molecule has 0 unspecified atom stereocenters. The number of hydrogen-bond donors (Lipinski definition) is 0. The lowest BCUT2D eigenvalue weighted by Gasteiger charge is -2.20. The van der Waals surface area contributed by atoms with Gasteiger partial charge in [0.05, 0.1) is 0 Å². The van der Waals surface area contributed by atoms with Gasteiger partial charge in [-0.3, -0.25) is 0 Å². The summed E-state index contributed by atoms with van der Waals surface area (Å²) in [6.45, 7) is 4.03. The zero-order chi connectivity index (χ0) is 13.9. The highest BCUT2D eigenvalue weighted by Crippen LogP contribution is 2.28. The van der Waals surface area contributed by atoms with Crippen LogP contribution in [0.15, 0.2) is 21.5 Å². The fourth-order valence-electron chi connectivity index (χ4n) is 1.60. The van der Waals surface area contributed by atoms with Gasteiger partial charge >= 0.3 is 0 Å². The first-order chi connectivity index (χ1) is 8.34. The Balaban J connectivity index is 3.36. The van der Waals surface area contributed by atoms with E-state index in [4.69, 9.17) is 0 Å². The first kappa shape index (κ1) is 15.5. The number of sulfonamides is 1. The Kier molecular flexibility index (Phi) is 5.24. The van der Waals surface area contributed by atoms with Gasteiger partial charge in [-0.15, -0.1) is 0 Å². The van der Waals surface area contributed by atoms with Crippen LogP contribution in [0.2, 0.25) is 0 Å². The Hall–Kier alpha value is -0.530. The van der Waals surface area contributed by atoms with Crippen molar-refractivity contribution in [2.24, 2.45) is 0 Å². The molecule has 0 radical (unpaired) electrons. The highest BCUT2D eigenvalue weighted by Gasteiger charge is 2.28. The minimum Gasteiger partial charge on any atom is -0.207 e. The monoisotopic (exact) mass is 341 g/mol. The van der Waals surface area contributed by atoms with Crippen LogP contribution in [0.4, 0.5) is 8.78 Å². The minimum absolute atomic E-state index is 0.102. The molecule has 0 amide bonds. The standard InChI is InChI=1S/C11H14BrF2NO2S/c1-3-5-15(4-2)18(16,17)11-9(12)6-8(13)7-10(11)14/h6-7H,3-5H2,1-2H3. The first-order valence-corrected chi connectivity index (χ1v) is 7.72. The van der Waals surface area contributed by atoms with E-state index in [0.29, 0.717) is 19.0 Å². The van der Waals surface area contributed by atoms with Gasteiger partial charge in [0.25, 0.3) is 0 Å². The van der Waals surface area contributed by atoms with E-state index in [1.807, 2.05) is 6.92 Å². The van der Waals surface area contributed by atoms with Crippen LogP contribution in [0.1, 0.15) is 20.3 Å². The SMILES string of the molecule is CCCN(CC)S(=O)(=O)c1c(F)cc(F)cc1Br. The van der Waals surface area contributed by atoms with E-state index in [9.17, 15) is 17.2 Å². The topological polar surface area (TPSA) is 37.4 Å². The van der Waals surface area contributed by atoms with Crippen LogP contribution < -0.4 is 0 Å². The van der Waals surface area contributed by atoms with Crippen molar-refractivity contribution in [1.82, 2.24) is 4.31 Å². The molecule has 0 spiro atoms. The van der Waals surface area contributed by atoms with Crippen molar-refractivity contribution in [3.8, 4) is 0 Å². The van der Waals surface area contributed by atoms with E-state index in [1.165, 1.54) is 0 Å². The summed E-state index contributed by atoms with van der Waals surface area (Å²) in [5, 5.41) is 0.